The fraction of sp³-hybridized carbons (Fsp3) is 0.667. The summed E-state index contributed by atoms with van der Waals surface area (Å²) in [5.74, 6) is 7.42. The molecule has 0 aromatic carbocycles. The molecule has 0 unspecified atom stereocenters. The third kappa shape index (κ3) is 4.85. The van der Waals surface area contributed by atoms with Crippen LogP contribution >= 0.6 is 0 Å². The van der Waals surface area contributed by atoms with E-state index in [4.69, 9.17) is 10.6 Å². The molecule has 0 fully saturated rings. The average molecular weight is 253 g/mol. The first-order valence-electron chi connectivity index (χ1n) is 6.02. The molecule has 0 saturated heterocycles. The van der Waals surface area contributed by atoms with Gasteiger partial charge in [-0.1, -0.05) is 13.8 Å². The Morgan fingerprint density at radius 2 is 2.00 bits per heavy atom. The van der Waals surface area contributed by atoms with E-state index in [-0.39, 0.29) is 5.41 Å². The van der Waals surface area contributed by atoms with Gasteiger partial charge in [0.15, 0.2) is 0 Å². The van der Waals surface area contributed by atoms with Gasteiger partial charge in [-0.25, -0.2) is 15.8 Å². The van der Waals surface area contributed by atoms with Gasteiger partial charge < -0.3 is 15.5 Å². The Labute approximate surface area is 108 Å². The Kier molecular flexibility index (Phi) is 5.30. The predicted molar refractivity (Wildman–Crippen MR) is 73.3 cm³/mol. The Morgan fingerprint density at radius 1 is 1.33 bits per heavy atom. The van der Waals surface area contributed by atoms with E-state index in [1.165, 1.54) is 0 Å². The average Bonchev–Trinajstić information content (AvgIpc) is 2.33. The van der Waals surface area contributed by atoms with Crippen LogP contribution in [0.1, 0.15) is 26.1 Å². The lowest BCUT2D eigenvalue weighted by Crippen LogP contribution is -2.25. The van der Waals surface area contributed by atoms with Crippen molar-refractivity contribution in [2.75, 3.05) is 31.0 Å². The van der Waals surface area contributed by atoms with Crippen molar-refractivity contribution in [1.82, 2.24) is 9.97 Å². The van der Waals surface area contributed by atoms with E-state index in [0.717, 1.165) is 25.4 Å². The summed E-state index contributed by atoms with van der Waals surface area (Å²) in [4.78, 5) is 8.46. The number of rotatable bonds is 7. The van der Waals surface area contributed by atoms with E-state index >= 15 is 0 Å². The number of nitrogen functional groups attached to an aromatic ring is 1. The molecule has 1 rings (SSSR count). The van der Waals surface area contributed by atoms with Crippen LogP contribution < -0.4 is 16.6 Å². The van der Waals surface area contributed by atoms with Crippen molar-refractivity contribution in [1.29, 1.82) is 0 Å². The molecule has 0 spiro atoms. The second-order valence-corrected chi connectivity index (χ2v) is 5.09. The molecule has 0 radical (unpaired) electrons. The topological polar surface area (TPSA) is 85.1 Å². The van der Waals surface area contributed by atoms with Crippen LogP contribution in [0.25, 0.3) is 0 Å². The van der Waals surface area contributed by atoms with Crippen molar-refractivity contribution < 1.29 is 4.74 Å². The lowest BCUT2D eigenvalue weighted by molar-refractivity contribution is 0.157. The summed E-state index contributed by atoms with van der Waals surface area (Å²) in [6.07, 6.45) is 0.989. The van der Waals surface area contributed by atoms with Gasteiger partial charge in [-0.3, -0.25) is 0 Å². The number of nitrogens with zero attached hydrogens (tertiary/aromatic N) is 2. The summed E-state index contributed by atoms with van der Waals surface area (Å²) in [5, 5.41) is 3.31. The molecular formula is C12H23N5O. The zero-order chi connectivity index (χ0) is 13.6. The van der Waals surface area contributed by atoms with Gasteiger partial charge >= 0.3 is 0 Å². The number of hydrogen-bond donors (Lipinski definition) is 3. The van der Waals surface area contributed by atoms with Gasteiger partial charge in [-0.15, -0.1) is 0 Å². The van der Waals surface area contributed by atoms with Crippen molar-refractivity contribution in [3.8, 4) is 0 Å². The maximum absolute atomic E-state index is 5.35. The molecule has 4 N–H and O–H groups in total. The van der Waals surface area contributed by atoms with Gasteiger partial charge in [0, 0.05) is 26.3 Å². The predicted octanol–water partition coefficient (Wildman–Crippen LogP) is 1.55. The molecule has 0 bridgehead atoms. The van der Waals surface area contributed by atoms with Crippen molar-refractivity contribution in [3.05, 3.63) is 11.9 Å². The number of anilines is 2. The van der Waals surface area contributed by atoms with Crippen molar-refractivity contribution in [2.45, 2.75) is 27.2 Å². The molecule has 0 aliphatic heterocycles. The first-order valence-corrected chi connectivity index (χ1v) is 6.02. The summed E-state index contributed by atoms with van der Waals surface area (Å²) < 4.78 is 5.11. The number of hydrogen-bond acceptors (Lipinski definition) is 6. The third-order valence-corrected chi connectivity index (χ3v) is 2.72. The highest BCUT2D eigenvalue weighted by molar-refractivity contribution is 5.46. The number of nitrogens with two attached hydrogens (primary N) is 1. The van der Waals surface area contributed by atoms with E-state index in [0.29, 0.717) is 11.6 Å². The van der Waals surface area contributed by atoms with Crippen LogP contribution in [-0.4, -0.2) is 30.2 Å². The lowest BCUT2D eigenvalue weighted by Gasteiger charge is -2.25. The molecule has 1 heterocycles. The minimum atomic E-state index is 0.144. The number of nitrogens with one attached hydrogen (secondary N) is 2. The minimum Gasteiger partial charge on any atom is -0.385 e. The van der Waals surface area contributed by atoms with Gasteiger partial charge in [0.1, 0.15) is 17.5 Å². The van der Waals surface area contributed by atoms with E-state index < -0.39 is 0 Å². The number of hydrazine groups is 1. The highest BCUT2D eigenvalue weighted by Gasteiger charge is 2.17. The largest absolute Gasteiger partial charge is 0.385 e. The Hall–Kier alpha value is -1.40. The van der Waals surface area contributed by atoms with Crippen molar-refractivity contribution >= 4 is 11.6 Å². The van der Waals surface area contributed by atoms with Crippen molar-refractivity contribution in [2.24, 2.45) is 11.3 Å². The quantitative estimate of drug-likeness (QED) is 0.505. The van der Waals surface area contributed by atoms with Crippen LogP contribution in [0.2, 0.25) is 0 Å². The molecular weight excluding hydrogens is 230 g/mol. The standard InChI is InChI=1S/C12H23N5O/c1-9-15-10(7-11(16-9)17-13)14-8-12(2,3)5-6-18-4/h7H,5-6,8,13H2,1-4H3,(H2,14,15,16,17). The maximum Gasteiger partial charge on any atom is 0.145 e. The summed E-state index contributed by atoms with van der Waals surface area (Å²) in [6.45, 7) is 7.79. The lowest BCUT2D eigenvalue weighted by atomic mass is 9.90. The fourth-order valence-electron chi connectivity index (χ4n) is 1.53. The molecule has 6 heteroatoms. The molecule has 1 aromatic heterocycles. The SMILES string of the molecule is COCCC(C)(C)CNc1cc(NN)nc(C)n1. The van der Waals surface area contributed by atoms with Crippen LogP contribution in [0.4, 0.5) is 11.6 Å². The van der Waals surface area contributed by atoms with E-state index in [1.807, 2.05) is 6.92 Å². The van der Waals surface area contributed by atoms with Crippen LogP contribution in [0.15, 0.2) is 6.07 Å². The first-order chi connectivity index (χ1) is 8.46. The summed E-state index contributed by atoms with van der Waals surface area (Å²) in [6, 6.07) is 1.79. The molecule has 18 heavy (non-hydrogen) atoms. The van der Waals surface area contributed by atoms with E-state index in [1.54, 1.807) is 13.2 Å². The second kappa shape index (κ2) is 6.51. The van der Waals surface area contributed by atoms with Crippen LogP contribution in [-0.2, 0) is 4.74 Å². The Bertz CT molecular complexity index is 381. The van der Waals surface area contributed by atoms with E-state index in [2.05, 4.69) is 34.6 Å². The van der Waals surface area contributed by atoms with Gasteiger partial charge in [0.05, 0.1) is 0 Å². The zero-order valence-electron chi connectivity index (χ0n) is 11.6. The van der Waals surface area contributed by atoms with E-state index in [9.17, 15) is 0 Å². The number of ether oxygens (including phenoxy) is 1. The summed E-state index contributed by atoms with van der Waals surface area (Å²) >= 11 is 0. The van der Waals surface area contributed by atoms with Gasteiger partial charge in [-0.2, -0.15) is 0 Å². The molecule has 6 nitrogen and oxygen atoms in total. The van der Waals surface area contributed by atoms with Crippen molar-refractivity contribution in [3.63, 3.8) is 0 Å². The van der Waals surface area contributed by atoms with Gasteiger partial charge in [-0.05, 0) is 18.8 Å². The molecule has 0 atom stereocenters. The second-order valence-electron chi connectivity index (χ2n) is 5.09. The number of aryl methyl sites for hydroxylation is 1. The first kappa shape index (κ1) is 14.7. The van der Waals surface area contributed by atoms with Gasteiger partial charge in [0.25, 0.3) is 0 Å². The smallest absolute Gasteiger partial charge is 0.145 e. The number of methoxy groups -OCH3 is 1. The molecule has 0 saturated carbocycles. The summed E-state index contributed by atoms with van der Waals surface area (Å²) in [5.41, 5.74) is 2.67. The molecule has 0 amide bonds. The van der Waals surface area contributed by atoms with Crippen LogP contribution in [0, 0.1) is 12.3 Å². The van der Waals surface area contributed by atoms with Crippen LogP contribution in [0.5, 0.6) is 0 Å². The van der Waals surface area contributed by atoms with Crippen LogP contribution in [0.3, 0.4) is 0 Å². The monoisotopic (exact) mass is 253 g/mol. The number of aromatic nitrogens is 2. The minimum absolute atomic E-state index is 0.144. The molecule has 1 aromatic rings. The summed E-state index contributed by atoms with van der Waals surface area (Å²) in [7, 11) is 1.72. The molecule has 0 aliphatic rings. The zero-order valence-corrected chi connectivity index (χ0v) is 11.6. The third-order valence-electron chi connectivity index (χ3n) is 2.72. The maximum atomic E-state index is 5.35. The fourth-order valence-corrected chi connectivity index (χ4v) is 1.53. The normalized spacial score (nSPS) is 11.4. The highest BCUT2D eigenvalue weighted by Crippen LogP contribution is 2.21. The Balaban J connectivity index is 2.59. The molecule has 0 aliphatic carbocycles. The van der Waals surface area contributed by atoms with Gasteiger partial charge in [0.2, 0.25) is 0 Å². The Morgan fingerprint density at radius 3 is 2.61 bits per heavy atom. The highest BCUT2D eigenvalue weighted by atomic mass is 16.5. The molecule has 102 valence electrons.